The number of anilines is 2. The van der Waals surface area contributed by atoms with E-state index in [0.717, 1.165) is 12.1 Å². The van der Waals surface area contributed by atoms with Crippen LogP contribution in [0.2, 0.25) is 0 Å². The molecule has 0 bridgehead atoms. The van der Waals surface area contributed by atoms with Crippen molar-refractivity contribution in [3.63, 3.8) is 0 Å². The van der Waals surface area contributed by atoms with E-state index in [9.17, 15) is 31.1 Å². The second-order valence-corrected chi connectivity index (χ2v) is 20.2. The third-order valence-corrected chi connectivity index (χ3v) is 14.5. The fourth-order valence-electron chi connectivity index (χ4n) is 9.58. The van der Waals surface area contributed by atoms with Gasteiger partial charge in [0.05, 0.1) is 22.3 Å². The minimum Gasteiger partial charge on any atom is -0.391 e. The predicted octanol–water partition coefficient (Wildman–Crippen LogP) is 21.9. The zero-order chi connectivity index (χ0) is 59.1. The molecule has 1 aromatic heterocycles. The molecule has 11 aromatic rings. The molecule has 1 heterocycles. The van der Waals surface area contributed by atoms with Crippen LogP contribution < -0.4 is 15.2 Å². The van der Waals surface area contributed by atoms with Crippen LogP contribution in [0, 0.1) is 0 Å². The van der Waals surface area contributed by atoms with Crippen molar-refractivity contribution in [3.8, 4) is 72.5 Å². The summed E-state index contributed by atoms with van der Waals surface area (Å²) >= 11 is 0. The Morgan fingerprint density at radius 1 is 0.333 bits per heavy atom. The topological polar surface area (TPSA) is 76.6 Å². The van der Waals surface area contributed by atoms with E-state index in [2.05, 4.69) is 5.32 Å². The number of carbonyl (C=O) groups is 1. The number of halogens is 12. The third kappa shape index (κ3) is 12.4. The normalized spacial score (nSPS) is 12.1. The Labute approximate surface area is 470 Å². The summed E-state index contributed by atoms with van der Waals surface area (Å²) in [5.74, 6) is -0.0958. The Balaban J connectivity index is 1.14. The molecule has 2 amide bonds. The molecule has 0 unspecified atom stereocenters. The van der Waals surface area contributed by atoms with Crippen molar-refractivity contribution in [2.24, 2.45) is 0 Å². The van der Waals surface area contributed by atoms with Gasteiger partial charge in [0.2, 0.25) is 0 Å². The van der Waals surface area contributed by atoms with Crippen molar-refractivity contribution in [2.45, 2.75) is 24.7 Å². The summed E-state index contributed by atoms with van der Waals surface area (Å²) in [4.78, 5) is 13.1. The van der Waals surface area contributed by atoms with Gasteiger partial charge >= 0.3 is 39.0 Å². The molecule has 0 fully saturated rings. The number of nitrogens with one attached hydrogen (secondary N) is 2. The SMILES string of the molecule is O=C(Nc1ccc(Op2oc3c(-c4cc(-c5ccccc5)cc(-c5ccccc5)c4)cc(C(F)(F)F)cc3c3cc(C(F)(F)F)cc(-c4cc(-c5ccccc5)cc(-c5ccccc5)c4)c3o2)cc1)Nc1cc(C(F)(F)F)cc(C(F)(F)F)c1. The molecule has 0 aliphatic rings. The van der Waals surface area contributed by atoms with Gasteiger partial charge in [-0.2, -0.15) is 52.7 Å². The molecule has 0 atom stereocenters. The molecule has 0 radical (unpaired) electrons. The molecule has 0 aliphatic heterocycles. The van der Waals surface area contributed by atoms with Gasteiger partial charge in [-0.15, -0.1) is 0 Å². The Bertz CT molecular complexity index is 3930. The Morgan fingerprint density at radius 2 is 0.643 bits per heavy atom. The van der Waals surface area contributed by atoms with Crippen LogP contribution in [0.3, 0.4) is 0 Å². The number of fused-ring (bicyclic) bond motifs is 3. The van der Waals surface area contributed by atoms with Crippen LogP contribution in [0.1, 0.15) is 22.3 Å². The van der Waals surface area contributed by atoms with E-state index in [-0.39, 0.29) is 50.9 Å². The molecule has 0 aliphatic carbocycles. The van der Waals surface area contributed by atoms with Crippen molar-refractivity contribution in [1.82, 2.24) is 0 Å². The van der Waals surface area contributed by atoms with Crippen LogP contribution in [0.15, 0.2) is 233 Å². The van der Waals surface area contributed by atoms with Crippen LogP contribution in [0.4, 0.5) is 68.9 Å². The summed E-state index contributed by atoms with van der Waals surface area (Å²) in [7, 11) is -2.97. The third-order valence-electron chi connectivity index (χ3n) is 13.5. The lowest BCUT2D eigenvalue weighted by Crippen LogP contribution is -2.20. The van der Waals surface area contributed by atoms with Gasteiger partial charge in [-0.1, -0.05) is 121 Å². The van der Waals surface area contributed by atoms with Crippen LogP contribution >= 0.6 is 8.24 Å². The van der Waals surface area contributed by atoms with E-state index in [1.165, 1.54) is 24.3 Å². The molecule has 11 rings (SSSR count). The number of benzene rings is 10. The average Bonchev–Trinajstić information content (AvgIpc) is 1.69. The summed E-state index contributed by atoms with van der Waals surface area (Å²) in [6.07, 6.45) is -20.5. The van der Waals surface area contributed by atoms with Gasteiger partial charge in [0.15, 0.2) is 11.2 Å². The molecule has 6 nitrogen and oxygen atoms in total. The van der Waals surface area contributed by atoms with E-state index < -0.39 is 77.7 Å². The molecular weight excluding hydrogens is 1130 g/mol. The van der Waals surface area contributed by atoms with Gasteiger partial charge in [-0.3, -0.25) is 0 Å². The number of amides is 2. The second kappa shape index (κ2) is 22.2. The highest BCUT2D eigenvalue weighted by Gasteiger charge is 2.38. The molecule has 10 aromatic carbocycles. The van der Waals surface area contributed by atoms with Gasteiger partial charge < -0.3 is 23.6 Å². The largest absolute Gasteiger partial charge is 0.453 e. The summed E-state index contributed by atoms with van der Waals surface area (Å²) in [6, 6.07) is 53.5. The van der Waals surface area contributed by atoms with E-state index >= 15 is 26.3 Å². The van der Waals surface area contributed by atoms with Gasteiger partial charge in [-0.05, 0) is 159 Å². The lowest BCUT2D eigenvalue weighted by molar-refractivity contribution is -0.143. The maximum Gasteiger partial charge on any atom is 0.453 e. The molecule has 422 valence electrons. The quantitative estimate of drug-likeness (QED) is 0.134. The average molecular weight is 1170 g/mol. The number of alkyl halides is 12. The maximum absolute atomic E-state index is 15.6. The fraction of sp³-hybridized carbons (Fsp3) is 0.0615. The Hall–Kier alpha value is -9.67. The van der Waals surface area contributed by atoms with Crippen LogP contribution in [0.25, 0.3) is 88.7 Å². The molecular formula is C65H39F12N2O4P. The van der Waals surface area contributed by atoms with Crippen LogP contribution in [0.5, 0.6) is 5.75 Å². The summed E-state index contributed by atoms with van der Waals surface area (Å²) in [5.41, 5.74) is -2.43. The van der Waals surface area contributed by atoms with E-state index in [4.69, 9.17) is 12.9 Å². The first kappa shape index (κ1) is 56.2. The van der Waals surface area contributed by atoms with Gasteiger partial charge in [0.1, 0.15) is 5.75 Å². The second-order valence-electron chi connectivity index (χ2n) is 19.3. The minimum absolute atomic E-state index is 0.0574. The van der Waals surface area contributed by atoms with E-state index in [1.807, 2.05) is 17.4 Å². The van der Waals surface area contributed by atoms with Crippen LogP contribution in [-0.4, -0.2) is 6.03 Å². The molecule has 0 spiro atoms. The van der Waals surface area contributed by atoms with Gasteiger partial charge in [0, 0.05) is 33.3 Å². The van der Waals surface area contributed by atoms with Crippen molar-refractivity contribution in [2.75, 3.05) is 10.6 Å². The standard InChI is InChI=1S/C65H39F12N2O4P/c66-62(67,68)48-31-49(63(69,70)71)33-53(32-48)79-61(80)78-52-21-23-54(24-22-52)81-84-82-59-55(46-27-42(38-13-5-1-6-14-38)25-43(28-46)39-15-7-2-8-16-39)34-50(64(72,73)74)36-57(59)58-37-51(65(75,76)77)35-56(60(58)83-84)47-29-44(40-17-9-3-10-18-40)26-45(30-47)41-19-11-4-12-20-41/h1-37H,(H2,78,79,80). The van der Waals surface area contributed by atoms with Crippen molar-refractivity contribution < 1.29 is 70.4 Å². The Morgan fingerprint density at radius 3 is 0.976 bits per heavy atom. The first-order chi connectivity index (χ1) is 40.0. The number of rotatable bonds is 10. The lowest BCUT2D eigenvalue weighted by Gasteiger charge is -2.16. The van der Waals surface area contributed by atoms with Crippen molar-refractivity contribution in [3.05, 3.63) is 247 Å². The number of urea groups is 1. The maximum atomic E-state index is 15.6. The first-order valence-electron chi connectivity index (χ1n) is 25.4. The van der Waals surface area contributed by atoms with E-state index in [1.54, 1.807) is 146 Å². The van der Waals surface area contributed by atoms with Crippen LogP contribution in [-0.2, 0) is 24.7 Å². The highest BCUT2D eigenvalue weighted by atomic mass is 31.1. The molecule has 84 heavy (non-hydrogen) atoms. The van der Waals surface area contributed by atoms with Crippen molar-refractivity contribution in [1.29, 1.82) is 0 Å². The highest BCUT2D eigenvalue weighted by Crippen LogP contribution is 2.49. The summed E-state index contributed by atoms with van der Waals surface area (Å²) in [6.45, 7) is 0. The molecule has 2 N–H and O–H groups in total. The monoisotopic (exact) mass is 1170 g/mol. The van der Waals surface area contributed by atoms with Gasteiger partial charge in [-0.25, -0.2) is 4.79 Å². The highest BCUT2D eigenvalue weighted by molar-refractivity contribution is 7.32. The molecule has 0 saturated carbocycles. The summed E-state index contributed by atoms with van der Waals surface area (Å²) in [5, 5.41) is 3.43. The number of hydrogen-bond donors (Lipinski definition) is 2. The lowest BCUT2D eigenvalue weighted by atomic mass is 9.90. The predicted molar refractivity (Wildman–Crippen MR) is 300 cm³/mol. The molecule has 0 saturated heterocycles. The van der Waals surface area contributed by atoms with Gasteiger partial charge in [0.25, 0.3) is 0 Å². The minimum atomic E-state index is -5.19. The number of hydrogen-bond acceptors (Lipinski definition) is 4. The fourth-order valence-corrected chi connectivity index (χ4v) is 10.7. The number of carbonyl (C=O) groups excluding carboxylic acids is 1. The zero-order valence-electron chi connectivity index (χ0n) is 43.0. The molecule has 19 heteroatoms. The van der Waals surface area contributed by atoms with E-state index in [0.29, 0.717) is 68.8 Å². The van der Waals surface area contributed by atoms with Crippen molar-refractivity contribution >= 4 is 47.6 Å². The zero-order valence-corrected chi connectivity index (χ0v) is 43.9. The first-order valence-corrected chi connectivity index (χ1v) is 26.4. The summed E-state index contributed by atoms with van der Waals surface area (Å²) < 4.78 is 195. The Kier molecular flexibility index (Phi) is 14.9. The smallest absolute Gasteiger partial charge is 0.391 e.